The van der Waals surface area contributed by atoms with Gasteiger partial charge in [0, 0.05) is 16.9 Å². The molecule has 0 saturated heterocycles. The minimum atomic E-state index is -0.335. The maximum atomic E-state index is 12.3. The van der Waals surface area contributed by atoms with Gasteiger partial charge in [-0.2, -0.15) is 0 Å². The van der Waals surface area contributed by atoms with Crippen LogP contribution in [0.25, 0.3) is 0 Å². The van der Waals surface area contributed by atoms with E-state index in [-0.39, 0.29) is 22.4 Å². The molecule has 0 bridgehead atoms. The fourth-order valence-electron chi connectivity index (χ4n) is 2.14. The van der Waals surface area contributed by atoms with Gasteiger partial charge in [-0.25, -0.2) is 0 Å². The van der Waals surface area contributed by atoms with Crippen molar-refractivity contribution >= 4 is 34.8 Å². The second-order valence-corrected chi connectivity index (χ2v) is 6.83. The topological polar surface area (TPSA) is 84.2 Å². The maximum Gasteiger partial charge on any atom is 0.257 e. The fourth-order valence-corrected chi connectivity index (χ4v) is 2.41. The third-order valence-corrected chi connectivity index (χ3v) is 4.33. The monoisotopic (exact) mass is 359 g/mol. The Balaban J connectivity index is 2.15. The van der Waals surface area contributed by atoms with Gasteiger partial charge in [0.1, 0.15) is 0 Å². The van der Waals surface area contributed by atoms with Crippen molar-refractivity contribution in [2.75, 3.05) is 11.1 Å². The average molecular weight is 360 g/mol. The van der Waals surface area contributed by atoms with E-state index in [1.807, 2.05) is 20.8 Å². The molecule has 0 unspecified atom stereocenters. The van der Waals surface area contributed by atoms with Gasteiger partial charge in [0.2, 0.25) is 0 Å². The molecule has 0 atom stereocenters. The second kappa shape index (κ2) is 7.57. The Morgan fingerprint density at radius 1 is 1.08 bits per heavy atom. The summed E-state index contributed by atoms with van der Waals surface area (Å²) in [6, 6.07) is 11.6. The summed E-state index contributed by atoms with van der Waals surface area (Å²) in [5.41, 5.74) is 7.10. The van der Waals surface area contributed by atoms with E-state index in [1.165, 1.54) is 0 Å². The summed E-state index contributed by atoms with van der Waals surface area (Å²) >= 11 is 6.22. The molecule has 0 aromatic heterocycles. The SMILES string of the molecule is CCC(C)(C)NC(=O)c1ccc(NC(=O)c2ccccc2N)cc1Cl. The Labute approximate surface area is 152 Å². The Bertz CT molecular complexity index is 803. The molecule has 0 spiro atoms. The van der Waals surface area contributed by atoms with Crippen molar-refractivity contribution in [3.8, 4) is 0 Å². The van der Waals surface area contributed by atoms with Gasteiger partial charge in [0.05, 0.1) is 16.1 Å². The minimum absolute atomic E-state index is 0.248. The quantitative estimate of drug-likeness (QED) is 0.703. The summed E-state index contributed by atoms with van der Waals surface area (Å²) in [6.07, 6.45) is 0.795. The predicted octanol–water partition coefficient (Wildman–Crippen LogP) is 4.09. The summed E-state index contributed by atoms with van der Waals surface area (Å²) < 4.78 is 0. The highest BCUT2D eigenvalue weighted by molar-refractivity contribution is 6.34. The number of nitrogen functional groups attached to an aromatic ring is 1. The highest BCUT2D eigenvalue weighted by Crippen LogP contribution is 2.23. The number of halogens is 1. The number of rotatable bonds is 5. The van der Waals surface area contributed by atoms with Crippen molar-refractivity contribution < 1.29 is 9.59 Å². The molecule has 4 N–H and O–H groups in total. The smallest absolute Gasteiger partial charge is 0.257 e. The van der Waals surface area contributed by atoms with Crippen LogP contribution < -0.4 is 16.4 Å². The van der Waals surface area contributed by atoms with Crippen LogP contribution in [0.15, 0.2) is 42.5 Å². The zero-order valence-electron chi connectivity index (χ0n) is 14.5. The van der Waals surface area contributed by atoms with E-state index in [2.05, 4.69) is 10.6 Å². The number of carbonyl (C=O) groups excluding carboxylic acids is 2. The van der Waals surface area contributed by atoms with Gasteiger partial charge in [-0.05, 0) is 50.6 Å². The predicted molar refractivity (Wildman–Crippen MR) is 102 cm³/mol. The van der Waals surface area contributed by atoms with Crippen molar-refractivity contribution in [1.82, 2.24) is 5.32 Å². The average Bonchev–Trinajstić information content (AvgIpc) is 2.54. The van der Waals surface area contributed by atoms with Gasteiger partial charge in [-0.1, -0.05) is 30.7 Å². The summed E-state index contributed by atoms with van der Waals surface area (Å²) in [5, 5.41) is 5.93. The lowest BCUT2D eigenvalue weighted by Gasteiger charge is -2.24. The van der Waals surface area contributed by atoms with Gasteiger partial charge < -0.3 is 16.4 Å². The van der Waals surface area contributed by atoms with Crippen LogP contribution in [0.1, 0.15) is 47.9 Å². The molecule has 2 amide bonds. The molecule has 0 aliphatic carbocycles. The Hall–Kier alpha value is -2.53. The van der Waals surface area contributed by atoms with Crippen LogP contribution in [-0.4, -0.2) is 17.4 Å². The van der Waals surface area contributed by atoms with Crippen LogP contribution in [0, 0.1) is 0 Å². The molecule has 0 fully saturated rings. The normalized spacial score (nSPS) is 11.0. The van der Waals surface area contributed by atoms with E-state index < -0.39 is 0 Å². The molecule has 132 valence electrons. The molecular formula is C19H22ClN3O2. The Morgan fingerprint density at radius 3 is 2.36 bits per heavy atom. The van der Waals surface area contributed by atoms with Crippen molar-refractivity contribution in [1.29, 1.82) is 0 Å². The van der Waals surface area contributed by atoms with E-state index in [4.69, 9.17) is 17.3 Å². The molecule has 0 aliphatic heterocycles. The number of carbonyl (C=O) groups is 2. The van der Waals surface area contributed by atoms with Gasteiger partial charge in [0.25, 0.3) is 11.8 Å². The molecule has 25 heavy (non-hydrogen) atoms. The molecule has 5 nitrogen and oxygen atoms in total. The third-order valence-electron chi connectivity index (χ3n) is 4.01. The largest absolute Gasteiger partial charge is 0.398 e. The second-order valence-electron chi connectivity index (χ2n) is 6.43. The van der Waals surface area contributed by atoms with E-state index in [1.54, 1.807) is 42.5 Å². The highest BCUT2D eigenvalue weighted by Gasteiger charge is 2.20. The number of benzene rings is 2. The first-order valence-electron chi connectivity index (χ1n) is 8.01. The van der Waals surface area contributed by atoms with Crippen molar-refractivity contribution in [3.63, 3.8) is 0 Å². The summed E-state index contributed by atoms with van der Waals surface area (Å²) in [6.45, 7) is 5.88. The zero-order valence-corrected chi connectivity index (χ0v) is 15.3. The van der Waals surface area contributed by atoms with Crippen LogP contribution >= 0.6 is 11.6 Å². The maximum absolute atomic E-state index is 12.3. The van der Waals surface area contributed by atoms with E-state index in [0.717, 1.165) is 6.42 Å². The van der Waals surface area contributed by atoms with Crippen LogP contribution in [0.3, 0.4) is 0 Å². The summed E-state index contributed by atoms with van der Waals surface area (Å²) in [4.78, 5) is 24.6. The molecule has 6 heteroatoms. The first-order chi connectivity index (χ1) is 11.7. The molecule has 2 aromatic carbocycles. The molecular weight excluding hydrogens is 338 g/mol. The standard InChI is InChI=1S/C19H22ClN3O2/c1-4-19(2,3)23-18(25)13-10-9-12(11-15(13)20)22-17(24)14-7-5-6-8-16(14)21/h5-11H,4,21H2,1-3H3,(H,22,24)(H,23,25). The van der Waals surface area contributed by atoms with Gasteiger partial charge >= 0.3 is 0 Å². The Kier molecular flexibility index (Phi) is 5.69. The molecule has 0 aliphatic rings. The third kappa shape index (κ3) is 4.73. The number of para-hydroxylation sites is 1. The van der Waals surface area contributed by atoms with Crippen molar-refractivity contribution in [2.24, 2.45) is 0 Å². The van der Waals surface area contributed by atoms with Crippen LogP contribution in [0.2, 0.25) is 5.02 Å². The molecule has 2 aromatic rings. The zero-order chi connectivity index (χ0) is 18.6. The van der Waals surface area contributed by atoms with Crippen molar-refractivity contribution in [2.45, 2.75) is 32.7 Å². The van der Waals surface area contributed by atoms with Crippen LogP contribution in [0.5, 0.6) is 0 Å². The van der Waals surface area contributed by atoms with Gasteiger partial charge in [-0.3, -0.25) is 9.59 Å². The van der Waals surface area contributed by atoms with Gasteiger partial charge in [-0.15, -0.1) is 0 Å². The first kappa shape index (κ1) is 18.8. The number of anilines is 2. The van der Waals surface area contributed by atoms with Crippen molar-refractivity contribution in [3.05, 3.63) is 58.6 Å². The number of hydrogen-bond acceptors (Lipinski definition) is 3. The lowest BCUT2D eigenvalue weighted by molar-refractivity contribution is 0.0911. The molecule has 0 heterocycles. The molecule has 0 radical (unpaired) electrons. The fraction of sp³-hybridized carbons (Fsp3) is 0.263. The van der Waals surface area contributed by atoms with E-state index in [9.17, 15) is 9.59 Å². The molecule has 2 rings (SSSR count). The summed E-state index contributed by atoms with van der Waals surface area (Å²) in [5.74, 6) is -0.583. The van der Waals surface area contributed by atoms with Crippen LogP contribution in [-0.2, 0) is 0 Å². The lowest BCUT2D eigenvalue weighted by Crippen LogP contribution is -2.42. The van der Waals surface area contributed by atoms with E-state index >= 15 is 0 Å². The number of hydrogen-bond donors (Lipinski definition) is 3. The number of amides is 2. The van der Waals surface area contributed by atoms with Gasteiger partial charge in [0.15, 0.2) is 0 Å². The number of nitrogens with two attached hydrogens (primary N) is 1. The minimum Gasteiger partial charge on any atom is -0.398 e. The highest BCUT2D eigenvalue weighted by atomic mass is 35.5. The molecule has 0 saturated carbocycles. The van der Waals surface area contributed by atoms with Crippen LogP contribution in [0.4, 0.5) is 11.4 Å². The number of nitrogens with one attached hydrogen (secondary N) is 2. The lowest BCUT2D eigenvalue weighted by atomic mass is 10.0. The Morgan fingerprint density at radius 2 is 1.76 bits per heavy atom. The van der Waals surface area contributed by atoms with E-state index in [0.29, 0.717) is 22.5 Å². The summed E-state index contributed by atoms with van der Waals surface area (Å²) in [7, 11) is 0. The first-order valence-corrected chi connectivity index (χ1v) is 8.39.